The van der Waals surface area contributed by atoms with Crippen molar-refractivity contribution in [1.29, 1.82) is 0 Å². The lowest BCUT2D eigenvalue weighted by Gasteiger charge is -2.05. The summed E-state index contributed by atoms with van der Waals surface area (Å²) >= 11 is 0. The zero-order valence-corrected chi connectivity index (χ0v) is 15.4. The van der Waals surface area contributed by atoms with Gasteiger partial charge in [0.25, 0.3) is 11.5 Å². The van der Waals surface area contributed by atoms with Crippen molar-refractivity contribution in [2.45, 2.75) is 13.3 Å². The molecule has 2 aromatic carbocycles. The second-order valence-electron chi connectivity index (χ2n) is 6.53. The molecule has 28 heavy (non-hydrogen) atoms. The number of aromatic nitrogens is 3. The summed E-state index contributed by atoms with van der Waals surface area (Å²) in [7, 11) is 0. The number of hydrogen-bond acceptors (Lipinski definition) is 4. The van der Waals surface area contributed by atoms with Crippen LogP contribution in [0.4, 0.5) is 0 Å². The molecule has 0 unspecified atom stereocenters. The quantitative estimate of drug-likeness (QED) is 0.497. The summed E-state index contributed by atoms with van der Waals surface area (Å²) in [5, 5.41) is 15.8. The largest absolute Gasteiger partial charge is 0.395 e. The van der Waals surface area contributed by atoms with E-state index in [2.05, 4.69) is 22.3 Å². The van der Waals surface area contributed by atoms with Gasteiger partial charge in [0.1, 0.15) is 0 Å². The Morgan fingerprint density at radius 3 is 2.68 bits per heavy atom. The van der Waals surface area contributed by atoms with Gasteiger partial charge in [0, 0.05) is 23.7 Å². The Kier molecular flexibility index (Phi) is 4.67. The standard InChI is InChI=1S/C21H20N4O3/c1-2-13-3-6-15(7-4-13)25-21(28)17-12-23-18-8-5-14(20(27)22-9-10-26)11-16(18)19(17)24-25/h3-8,11-12,24,26H,2,9-10H2,1H3,(H,22,27). The number of rotatable bonds is 5. The predicted molar refractivity (Wildman–Crippen MR) is 108 cm³/mol. The molecule has 2 heterocycles. The highest BCUT2D eigenvalue weighted by atomic mass is 16.3. The van der Waals surface area contributed by atoms with E-state index in [1.807, 2.05) is 24.3 Å². The Bertz CT molecular complexity index is 1220. The first-order valence-electron chi connectivity index (χ1n) is 9.14. The summed E-state index contributed by atoms with van der Waals surface area (Å²) in [6, 6.07) is 12.9. The zero-order valence-electron chi connectivity index (χ0n) is 15.4. The number of aryl methyl sites for hydroxylation is 1. The van der Waals surface area contributed by atoms with E-state index >= 15 is 0 Å². The summed E-state index contributed by atoms with van der Waals surface area (Å²) < 4.78 is 1.49. The van der Waals surface area contributed by atoms with Crippen LogP contribution in [0.1, 0.15) is 22.8 Å². The molecule has 3 N–H and O–H groups in total. The van der Waals surface area contributed by atoms with Crippen LogP contribution in [-0.4, -0.2) is 38.9 Å². The van der Waals surface area contributed by atoms with Gasteiger partial charge in [0.2, 0.25) is 0 Å². The summed E-state index contributed by atoms with van der Waals surface area (Å²) in [6.45, 7) is 2.13. The molecule has 4 aromatic rings. The molecule has 4 rings (SSSR count). The molecule has 0 saturated heterocycles. The van der Waals surface area contributed by atoms with Crippen LogP contribution in [0.2, 0.25) is 0 Å². The molecule has 0 aliphatic rings. The first-order chi connectivity index (χ1) is 13.6. The fourth-order valence-corrected chi connectivity index (χ4v) is 3.23. The van der Waals surface area contributed by atoms with Crippen LogP contribution in [0.15, 0.2) is 53.5 Å². The lowest BCUT2D eigenvalue weighted by atomic mass is 10.1. The van der Waals surface area contributed by atoms with Gasteiger partial charge in [-0.2, -0.15) is 0 Å². The topological polar surface area (TPSA) is 100 Å². The normalized spacial score (nSPS) is 11.2. The third kappa shape index (κ3) is 3.05. The summed E-state index contributed by atoms with van der Waals surface area (Å²) in [6.07, 6.45) is 2.48. The van der Waals surface area contributed by atoms with Gasteiger partial charge >= 0.3 is 0 Å². The average molecular weight is 376 g/mol. The van der Waals surface area contributed by atoms with E-state index < -0.39 is 0 Å². The Balaban J connectivity index is 1.86. The predicted octanol–water partition coefficient (Wildman–Crippen LogP) is 2.15. The molecule has 0 aliphatic heterocycles. The van der Waals surface area contributed by atoms with Crippen molar-refractivity contribution in [3.8, 4) is 5.69 Å². The minimum atomic E-state index is -0.287. The molecule has 7 heteroatoms. The third-order valence-corrected chi connectivity index (χ3v) is 4.79. The number of aromatic amines is 1. The number of H-pyrrole nitrogens is 1. The molecular weight excluding hydrogens is 356 g/mol. The maximum absolute atomic E-state index is 12.9. The molecule has 0 spiro atoms. The first kappa shape index (κ1) is 17.9. The zero-order chi connectivity index (χ0) is 19.7. The molecule has 142 valence electrons. The van der Waals surface area contributed by atoms with E-state index in [-0.39, 0.29) is 24.6 Å². The molecule has 0 aliphatic carbocycles. The van der Waals surface area contributed by atoms with Gasteiger partial charge in [-0.25, -0.2) is 4.68 Å². The van der Waals surface area contributed by atoms with Crippen molar-refractivity contribution in [2.24, 2.45) is 0 Å². The van der Waals surface area contributed by atoms with Crippen LogP contribution in [0.5, 0.6) is 0 Å². The second-order valence-corrected chi connectivity index (χ2v) is 6.53. The number of aliphatic hydroxyl groups is 1. The second kappa shape index (κ2) is 7.28. The van der Waals surface area contributed by atoms with Crippen LogP contribution in [-0.2, 0) is 6.42 Å². The fourth-order valence-electron chi connectivity index (χ4n) is 3.23. The lowest BCUT2D eigenvalue weighted by molar-refractivity contribution is 0.0945. The van der Waals surface area contributed by atoms with E-state index in [9.17, 15) is 9.59 Å². The Labute approximate surface area is 160 Å². The number of nitrogens with one attached hydrogen (secondary N) is 2. The smallest absolute Gasteiger partial charge is 0.280 e. The van der Waals surface area contributed by atoms with Crippen LogP contribution in [0, 0.1) is 0 Å². The van der Waals surface area contributed by atoms with Crippen molar-refractivity contribution in [1.82, 2.24) is 20.1 Å². The number of nitrogens with zero attached hydrogens (tertiary/aromatic N) is 2. The number of aliphatic hydroxyl groups excluding tert-OH is 1. The van der Waals surface area contributed by atoms with Gasteiger partial charge in [-0.1, -0.05) is 19.1 Å². The van der Waals surface area contributed by atoms with Gasteiger partial charge in [-0.15, -0.1) is 0 Å². The van der Waals surface area contributed by atoms with E-state index in [4.69, 9.17) is 5.11 Å². The maximum Gasteiger partial charge on any atom is 0.280 e. The van der Waals surface area contributed by atoms with Gasteiger partial charge in [0.15, 0.2) is 0 Å². The molecule has 0 atom stereocenters. The summed E-state index contributed by atoms with van der Waals surface area (Å²) in [4.78, 5) is 29.5. The highest BCUT2D eigenvalue weighted by molar-refractivity contribution is 6.06. The number of carbonyl (C=O) groups is 1. The van der Waals surface area contributed by atoms with Gasteiger partial charge in [0.05, 0.1) is 28.7 Å². The van der Waals surface area contributed by atoms with Gasteiger partial charge in [-0.3, -0.25) is 19.7 Å². The lowest BCUT2D eigenvalue weighted by Crippen LogP contribution is -2.26. The van der Waals surface area contributed by atoms with Gasteiger partial charge < -0.3 is 10.4 Å². The van der Waals surface area contributed by atoms with Crippen LogP contribution in [0.3, 0.4) is 0 Å². The molecule has 0 bridgehead atoms. The van der Waals surface area contributed by atoms with E-state index in [0.29, 0.717) is 27.4 Å². The average Bonchev–Trinajstić information content (AvgIpc) is 3.08. The summed E-state index contributed by atoms with van der Waals surface area (Å²) in [5.41, 5.74) is 3.49. The minimum absolute atomic E-state index is 0.127. The molecule has 0 saturated carbocycles. The van der Waals surface area contributed by atoms with Gasteiger partial charge in [-0.05, 0) is 42.3 Å². The Morgan fingerprint density at radius 1 is 1.18 bits per heavy atom. The number of amides is 1. The maximum atomic E-state index is 12.9. The number of benzene rings is 2. The molecule has 7 nitrogen and oxygen atoms in total. The molecule has 0 radical (unpaired) electrons. The molecule has 1 amide bonds. The van der Waals surface area contributed by atoms with E-state index in [1.54, 1.807) is 24.4 Å². The van der Waals surface area contributed by atoms with Crippen LogP contribution in [0.25, 0.3) is 27.5 Å². The number of carbonyl (C=O) groups excluding carboxylic acids is 1. The van der Waals surface area contributed by atoms with Crippen molar-refractivity contribution in [3.63, 3.8) is 0 Å². The van der Waals surface area contributed by atoms with Crippen molar-refractivity contribution >= 4 is 27.7 Å². The highest BCUT2D eigenvalue weighted by Crippen LogP contribution is 2.22. The van der Waals surface area contributed by atoms with Crippen molar-refractivity contribution in [2.75, 3.05) is 13.2 Å². The van der Waals surface area contributed by atoms with Crippen LogP contribution < -0.4 is 10.9 Å². The monoisotopic (exact) mass is 376 g/mol. The first-order valence-corrected chi connectivity index (χ1v) is 9.14. The van der Waals surface area contributed by atoms with Crippen LogP contribution >= 0.6 is 0 Å². The third-order valence-electron chi connectivity index (χ3n) is 4.79. The Hall–Kier alpha value is -3.45. The van der Waals surface area contributed by atoms with E-state index in [0.717, 1.165) is 12.1 Å². The number of hydrogen-bond donors (Lipinski definition) is 3. The molecule has 2 aromatic heterocycles. The van der Waals surface area contributed by atoms with E-state index in [1.165, 1.54) is 10.2 Å². The minimum Gasteiger partial charge on any atom is -0.395 e. The fraction of sp³-hybridized carbons (Fsp3) is 0.190. The SMILES string of the molecule is CCc1ccc(-n2[nH]c3c(cnc4ccc(C(=O)NCCO)cc43)c2=O)cc1. The Morgan fingerprint density at radius 2 is 1.96 bits per heavy atom. The van der Waals surface area contributed by atoms with Crippen molar-refractivity contribution in [3.05, 3.63) is 70.1 Å². The number of fused-ring (bicyclic) bond motifs is 3. The number of pyridine rings is 1. The summed E-state index contributed by atoms with van der Waals surface area (Å²) in [5.74, 6) is -0.287. The molecule has 0 fully saturated rings. The highest BCUT2D eigenvalue weighted by Gasteiger charge is 2.14. The van der Waals surface area contributed by atoms with Crippen molar-refractivity contribution < 1.29 is 9.90 Å². The molecular formula is C21H20N4O3.